The van der Waals surface area contributed by atoms with Crippen LogP contribution in [0.4, 0.5) is 5.69 Å². The molecule has 0 aliphatic carbocycles. The number of nitrogens with two attached hydrogens (primary N) is 1. The van der Waals surface area contributed by atoms with Crippen LogP contribution in [0.1, 0.15) is 24.3 Å². The van der Waals surface area contributed by atoms with Crippen LogP contribution in [0.2, 0.25) is 0 Å². The molecule has 1 heterocycles. The van der Waals surface area contributed by atoms with Crippen LogP contribution >= 0.6 is 0 Å². The molecule has 0 atom stereocenters. The molecule has 2 amide bonds. The number of nitrogens with zero attached hydrogens (tertiary/aromatic N) is 2. The summed E-state index contributed by atoms with van der Waals surface area (Å²) in [6.07, 6.45) is 1.55. The van der Waals surface area contributed by atoms with E-state index < -0.39 is 0 Å². The van der Waals surface area contributed by atoms with Crippen molar-refractivity contribution < 1.29 is 9.59 Å². The molecular weight excluding hydrogens is 232 g/mol. The van der Waals surface area contributed by atoms with Gasteiger partial charge >= 0.3 is 0 Å². The van der Waals surface area contributed by atoms with Crippen molar-refractivity contribution in [3.8, 4) is 0 Å². The summed E-state index contributed by atoms with van der Waals surface area (Å²) in [4.78, 5) is 29.7. The van der Waals surface area contributed by atoms with Crippen LogP contribution in [0.3, 0.4) is 0 Å². The highest BCUT2D eigenvalue weighted by Gasteiger charge is 2.18. The molecule has 1 aromatic rings. The van der Waals surface area contributed by atoms with Gasteiger partial charge in [-0.3, -0.25) is 9.59 Å². The van der Waals surface area contributed by atoms with Gasteiger partial charge in [0.05, 0.1) is 6.54 Å². The van der Waals surface area contributed by atoms with Gasteiger partial charge < -0.3 is 20.5 Å². The molecule has 0 spiro atoms. The second kappa shape index (κ2) is 6.09. The highest BCUT2D eigenvalue weighted by Crippen LogP contribution is 2.07. The van der Waals surface area contributed by atoms with Crippen molar-refractivity contribution in [2.45, 2.75) is 13.8 Å². The molecule has 6 nitrogen and oxygen atoms in total. The molecule has 0 aliphatic rings. The summed E-state index contributed by atoms with van der Waals surface area (Å²) in [5.74, 6) is -0.303. The van der Waals surface area contributed by atoms with Gasteiger partial charge in [-0.25, -0.2) is 0 Å². The van der Waals surface area contributed by atoms with Gasteiger partial charge in [0.1, 0.15) is 5.69 Å². The number of carbonyl (C=O) groups is 2. The number of rotatable bonds is 5. The zero-order valence-corrected chi connectivity index (χ0v) is 11.1. The number of aromatic nitrogens is 1. The fourth-order valence-corrected chi connectivity index (χ4v) is 1.69. The average molecular weight is 252 g/mol. The first-order chi connectivity index (χ1) is 8.49. The zero-order chi connectivity index (χ0) is 13.7. The molecule has 100 valence electrons. The number of likely N-dealkylation sites (N-methyl/N-ethyl adjacent to an activating group) is 2. The van der Waals surface area contributed by atoms with Gasteiger partial charge in [-0.2, -0.15) is 0 Å². The molecule has 0 fully saturated rings. The van der Waals surface area contributed by atoms with Crippen molar-refractivity contribution in [1.82, 2.24) is 14.8 Å². The molecule has 3 N–H and O–H groups in total. The molecule has 0 aliphatic heterocycles. The Balaban J connectivity index is 2.63. The molecule has 6 heteroatoms. The number of hydrogen-bond acceptors (Lipinski definition) is 3. The molecule has 18 heavy (non-hydrogen) atoms. The van der Waals surface area contributed by atoms with Gasteiger partial charge in [0.2, 0.25) is 5.91 Å². The predicted octanol–water partition coefficient (Wildman–Crippen LogP) is 0.537. The SMILES string of the molecule is CCN(CC)C(=O)CN(C)C(=O)c1cc(N)c[nH]1. The van der Waals surface area contributed by atoms with Crippen molar-refractivity contribution in [3.05, 3.63) is 18.0 Å². The van der Waals surface area contributed by atoms with E-state index in [1.54, 1.807) is 24.2 Å². The number of amides is 2. The second-order valence-corrected chi connectivity index (χ2v) is 4.07. The maximum atomic E-state index is 12.0. The third-order valence-corrected chi connectivity index (χ3v) is 2.77. The summed E-state index contributed by atoms with van der Waals surface area (Å²) in [6.45, 7) is 5.18. The normalized spacial score (nSPS) is 10.2. The lowest BCUT2D eigenvalue weighted by molar-refractivity contribution is -0.131. The first kappa shape index (κ1) is 14.1. The molecule has 1 aromatic heterocycles. The second-order valence-electron chi connectivity index (χ2n) is 4.07. The lowest BCUT2D eigenvalue weighted by Gasteiger charge is -2.22. The third kappa shape index (κ3) is 3.26. The Morgan fingerprint density at radius 2 is 1.94 bits per heavy atom. The van der Waals surface area contributed by atoms with Crippen LogP contribution in [0.25, 0.3) is 0 Å². The minimum Gasteiger partial charge on any atom is -0.397 e. The quantitative estimate of drug-likeness (QED) is 0.802. The van der Waals surface area contributed by atoms with Crippen LogP contribution in [0.15, 0.2) is 12.3 Å². The Labute approximate surface area is 107 Å². The summed E-state index contributed by atoms with van der Waals surface area (Å²) >= 11 is 0. The predicted molar refractivity (Wildman–Crippen MR) is 70.1 cm³/mol. The number of nitrogen functional groups attached to an aromatic ring is 1. The van der Waals surface area contributed by atoms with Crippen molar-refractivity contribution in [2.24, 2.45) is 0 Å². The monoisotopic (exact) mass is 252 g/mol. The Bertz CT molecular complexity index is 423. The molecule has 0 unspecified atom stereocenters. The number of nitrogens with one attached hydrogen (secondary N) is 1. The number of carbonyl (C=O) groups excluding carboxylic acids is 2. The van der Waals surface area contributed by atoms with E-state index in [0.29, 0.717) is 24.5 Å². The number of H-pyrrole nitrogens is 1. The topological polar surface area (TPSA) is 82.4 Å². The van der Waals surface area contributed by atoms with Gasteiger partial charge in [-0.05, 0) is 19.9 Å². The van der Waals surface area contributed by atoms with Crippen LogP contribution in [0.5, 0.6) is 0 Å². The Hall–Kier alpha value is -1.98. The minimum atomic E-state index is -0.243. The van der Waals surface area contributed by atoms with Crippen LogP contribution in [-0.4, -0.2) is 53.3 Å². The number of hydrogen-bond donors (Lipinski definition) is 2. The number of aromatic amines is 1. The summed E-state index contributed by atoms with van der Waals surface area (Å²) < 4.78 is 0. The summed E-state index contributed by atoms with van der Waals surface area (Å²) in [7, 11) is 1.60. The molecule has 0 radical (unpaired) electrons. The van der Waals surface area contributed by atoms with Gasteiger partial charge in [0.25, 0.3) is 5.91 Å². The summed E-state index contributed by atoms with van der Waals surface area (Å²) in [6, 6.07) is 1.56. The number of anilines is 1. The lowest BCUT2D eigenvalue weighted by Crippen LogP contribution is -2.41. The largest absolute Gasteiger partial charge is 0.397 e. The van der Waals surface area contributed by atoms with Gasteiger partial charge in [-0.15, -0.1) is 0 Å². The maximum Gasteiger partial charge on any atom is 0.270 e. The van der Waals surface area contributed by atoms with Crippen LogP contribution in [-0.2, 0) is 4.79 Å². The van der Waals surface area contributed by atoms with Crippen LogP contribution in [0, 0.1) is 0 Å². The molecule has 1 rings (SSSR count). The highest BCUT2D eigenvalue weighted by atomic mass is 16.2. The lowest BCUT2D eigenvalue weighted by atomic mass is 10.3. The van der Waals surface area contributed by atoms with E-state index in [9.17, 15) is 9.59 Å². The van der Waals surface area contributed by atoms with E-state index in [1.807, 2.05) is 13.8 Å². The first-order valence-electron chi connectivity index (χ1n) is 5.96. The fraction of sp³-hybridized carbons (Fsp3) is 0.500. The van der Waals surface area contributed by atoms with Gasteiger partial charge in [0.15, 0.2) is 0 Å². The van der Waals surface area contributed by atoms with E-state index in [-0.39, 0.29) is 18.4 Å². The molecule has 0 saturated carbocycles. The average Bonchev–Trinajstić information content (AvgIpc) is 2.76. The molecule has 0 aromatic carbocycles. The fourth-order valence-electron chi connectivity index (χ4n) is 1.69. The molecular formula is C12H20N4O2. The van der Waals surface area contributed by atoms with Crippen molar-refractivity contribution in [3.63, 3.8) is 0 Å². The zero-order valence-electron chi connectivity index (χ0n) is 11.1. The van der Waals surface area contributed by atoms with E-state index in [1.165, 1.54) is 4.90 Å². The van der Waals surface area contributed by atoms with E-state index in [0.717, 1.165) is 0 Å². The molecule has 0 bridgehead atoms. The first-order valence-corrected chi connectivity index (χ1v) is 5.96. The molecule has 0 saturated heterocycles. The van der Waals surface area contributed by atoms with E-state index >= 15 is 0 Å². The maximum absolute atomic E-state index is 12.0. The standard InChI is InChI=1S/C12H20N4O2/c1-4-16(5-2)11(17)8-15(3)12(18)10-6-9(13)7-14-10/h6-7,14H,4-5,8,13H2,1-3H3. The van der Waals surface area contributed by atoms with Gasteiger partial charge in [0, 0.05) is 32.0 Å². The van der Waals surface area contributed by atoms with Crippen LogP contribution < -0.4 is 5.73 Å². The highest BCUT2D eigenvalue weighted by molar-refractivity contribution is 5.95. The van der Waals surface area contributed by atoms with E-state index in [2.05, 4.69) is 4.98 Å². The third-order valence-electron chi connectivity index (χ3n) is 2.77. The van der Waals surface area contributed by atoms with Crippen molar-refractivity contribution in [2.75, 3.05) is 32.4 Å². The van der Waals surface area contributed by atoms with Crippen molar-refractivity contribution in [1.29, 1.82) is 0 Å². The minimum absolute atomic E-state index is 0.0598. The Morgan fingerprint density at radius 1 is 1.33 bits per heavy atom. The van der Waals surface area contributed by atoms with E-state index in [4.69, 9.17) is 5.73 Å². The van der Waals surface area contributed by atoms with Crippen molar-refractivity contribution >= 4 is 17.5 Å². The smallest absolute Gasteiger partial charge is 0.270 e. The Kier molecular flexibility index (Phi) is 4.76. The Morgan fingerprint density at radius 3 is 2.39 bits per heavy atom. The van der Waals surface area contributed by atoms with Gasteiger partial charge in [-0.1, -0.05) is 0 Å². The summed E-state index contributed by atoms with van der Waals surface area (Å²) in [5, 5.41) is 0. The summed E-state index contributed by atoms with van der Waals surface area (Å²) in [5.41, 5.74) is 6.42.